The highest BCUT2D eigenvalue weighted by Gasteiger charge is 2.12. The van der Waals surface area contributed by atoms with Crippen LogP contribution in [0.2, 0.25) is 0 Å². The molecule has 0 unspecified atom stereocenters. The first-order valence-corrected chi connectivity index (χ1v) is 7.75. The minimum absolute atomic E-state index is 0.754. The standard InChI is InChI=1S/C15H16BrN5/c1-2-7-17-9-11-8-12(16)10-18-15(11)21-14-6-4-3-5-13(14)19-20-21/h3-6,8,10,17H,2,7,9H2,1H3. The first-order chi connectivity index (χ1) is 10.3. The van der Waals surface area contributed by atoms with Crippen molar-refractivity contribution < 1.29 is 0 Å². The normalized spacial score (nSPS) is 11.1. The average Bonchev–Trinajstić information content (AvgIpc) is 2.92. The molecule has 0 aliphatic heterocycles. The van der Waals surface area contributed by atoms with Crippen LogP contribution in [-0.2, 0) is 6.54 Å². The van der Waals surface area contributed by atoms with Gasteiger partial charge in [0.15, 0.2) is 5.82 Å². The predicted octanol–water partition coefficient (Wildman–Crippen LogP) is 3.08. The minimum Gasteiger partial charge on any atom is -0.313 e. The van der Waals surface area contributed by atoms with Gasteiger partial charge in [-0.2, -0.15) is 4.68 Å². The lowest BCUT2D eigenvalue weighted by molar-refractivity contribution is 0.665. The van der Waals surface area contributed by atoms with E-state index < -0.39 is 0 Å². The molecule has 3 rings (SSSR count). The van der Waals surface area contributed by atoms with Crippen molar-refractivity contribution in [1.29, 1.82) is 0 Å². The molecule has 108 valence electrons. The molecule has 21 heavy (non-hydrogen) atoms. The molecule has 1 N–H and O–H groups in total. The summed E-state index contributed by atoms with van der Waals surface area (Å²) in [6.07, 6.45) is 2.89. The number of fused-ring (bicyclic) bond motifs is 1. The topological polar surface area (TPSA) is 55.6 Å². The quantitative estimate of drug-likeness (QED) is 0.722. The fourth-order valence-electron chi connectivity index (χ4n) is 2.22. The Balaban J connectivity index is 2.04. The van der Waals surface area contributed by atoms with E-state index in [4.69, 9.17) is 0 Å². The maximum absolute atomic E-state index is 4.52. The van der Waals surface area contributed by atoms with Gasteiger partial charge in [0.05, 0.1) is 5.52 Å². The highest BCUT2D eigenvalue weighted by molar-refractivity contribution is 9.10. The zero-order chi connectivity index (χ0) is 14.7. The average molecular weight is 346 g/mol. The molecule has 2 heterocycles. The molecule has 3 aromatic rings. The second-order valence-electron chi connectivity index (χ2n) is 4.80. The monoisotopic (exact) mass is 345 g/mol. The number of para-hydroxylation sites is 1. The van der Waals surface area contributed by atoms with E-state index in [0.717, 1.165) is 46.4 Å². The minimum atomic E-state index is 0.754. The van der Waals surface area contributed by atoms with Crippen LogP contribution >= 0.6 is 15.9 Å². The highest BCUT2D eigenvalue weighted by Crippen LogP contribution is 2.20. The fraction of sp³-hybridized carbons (Fsp3) is 0.267. The molecular formula is C15H16BrN5. The summed E-state index contributed by atoms with van der Waals surface area (Å²) in [6, 6.07) is 9.96. The largest absolute Gasteiger partial charge is 0.313 e. The van der Waals surface area contributed by atoms with Gasteiger partial charge in [0.2, 0.25) is 0 Å². The van der Waals surface area contributed by atoms with E-state index in [1.807, 2.05) is 24.3 Å². The summed E-state index contributed by atoms with van der Waals surface area (Å²) < 4.78 is 2.76. The van der Waals surface area contributed by atoms with Crippen LogP contribution in [0.25, 0.3) is 16.9 Å². The fourth-order valence-corrected chi connectivity index (χ4v) is 2.60. The lowest BCUT2D eigenvalue weighted by Gasteiger charge is -2.10. The maximum Gasteiger partial charge on any atom is 0.160 e. The number of aromatic nitrogens is 4. The molecule has 0 saturated carbocycles. The summed E-state index contributed by atoms with van der Waals surface area (Å²) in [4.78, 5) is 4.52. The van der Waals surface area contributed by atoms with Gasteiger partial charge >= 0.3 is 0 Å². The molecule has 2 aromatic heterocycles. The Hall–Kier alpha value is -1.79. The zero-order valence-electron chi connectivity index (χ0n) is 11.8. The lowest BCUT2D eigenvalue weighted by Crippen LogP contribution is -2.16. The summed E-state index contributed by atoms with van der Waals surface area (Å²) >= 11 is 3.48. The van der Waals surface area contributed by atoms with Gasteiger partial charge in [-0.3, -0.25) is 0 Å². The van der Waals surface area contributed by atoms with Gasteiger partial charge in [-0.15, -0.1) is 5.10 Å². The van der Waals surface area contributed by atoms with Crippen molar-refractivity contribution in [3.63, 3.8) is 0 Å². The Kier molecular flexibility index (Phi) is 4.26. The van der Waals surface area contributed by atoms with E-state index in [1.54, 1.807) is 10.9 Å². The second kappa shape index (κ2) is 6.32. The van der Waals surface area contributed by atoms with Crippen molar-refractivity contribution in [3.8, 4) is 5.82 Å². The number of nitrogens with one attached hydrogen (secondary N) is 1. The molecule has 0 saturated heterocycles. The predicted molar refractivity (Wildman–Crippen MR) is 86.4 cm³/mol. The van der Waals surface area contributed by atoms with Gasteiger partial charge in [0.25, 0.3) is 0 Å². The first kappa shape index (κ1) is 14.2. The SMILES string of the molecule is CCCNCc1cc(Br)cnc1-n1nnc2ccccc21. The highest BCUT2D eigenvalue weighted by atomic mass is 79.9. The third kappa shape index (κ3) is 2.96. The van der Waals surface area contributed by atoms with Gasteiger partial charge in [0.1, 0.15) is 5.52 Å². The summed E-state index contributed by atoms with van der Waals surface area (Å²) in [5.41, 5.74) is 2.92. The summed E-state index contributed by atoms with van der Waals surface area (Å²) in [5.74, 6) is 0.815. The number of nitrogens with zero attached hydrogens (tertiary/aromatic N) is 4. The molecule has 0 spiro atoms. The first-order valence-electron chi connectivity index (χ1n) is 6.95. The van der Waals surface area contributed by atoms with Crippen LogP contribution in [0.1, 0.15) is 18.9 Å². The third-order valence-corrected chi connectivity index (χ3v) is 3.64. The Labute approximate surface area is 131 Å². The van der Waals surface area contributed by atoms with Crippen LogP contribution < -0.4 is 5.32 Å². The van der Waals surface area contributed by atoms with Crippen LogP contribution in [0.15, 0.2) is 41.0 Å². The molecule has 0 radical (unpaired) electrons. The Bertz CT molecular complexity index is 753. The second-order valence-corrected chi connectivity index (χ2v) is 5.72. The molecule has 0 aliphatic rings. The number of hydrogen-bond acceptors (Lipinski definition) is 4. The van der Waals surface area contributed by atoms with Crippen LogP contribution in [0, 0.1) is 0 Å². The molecule has 1 aromatic carbocycles. The van der Waals surface area contributed by atoms with Crippen LogP contribution in [0.5, 0.6) is 0 Å². The van der Waals surface area contributed by atoms with E-state index in [2.05, 4.69) is 49.5 Å². The number of rotatable bonds is 5. The van der Waals surface area contributed by atoms with Crippen molar-refractivity contribution in [3.05, 3.63) is 46.6 Å². The molecule has 0 aliphatic carbocycles. The zero-order valence-corrected chi connectivity index (χ0v) is 13.3. The van der Waals surface area contributed by atoms with Gasteiger partial charge in [-0.1, -0.05) is 24.3 Å². The van der Waals surface area contributed by atoms with E-state index >= 15 is 0 Å². The summed E-state index contributed by atoms with van der Waals surface area (Å²) in [7, 11) is 0. The van der Waals surface area contributed by atoms with Crippen molar-refractivity contribution in [2.24, 2.45) is 0 Å². The smallest absolute Gasteiger partial charge is 0.160 e. The Morgan fingerprint density at radius 3 is 3.00 bits per heavy atom. The van der Waals surface area contributed by atoms with E-state index in [9.17, 15) is 0 Å². The van der Waals surface area contributed by atoms with Gasteiger partial charge in [-0.25, -0.2) is 4.98 Å². The number of benzene rings is 1. The van der Waals surface area contributed by atoms with E-state index in [0.29, 0.717) is 0 Å². The van der Waals surface area contributed by atoms with E-state index in [1.165, 1.54) is 0 Å². The van der Waals surface area contributed by atoms with Crippen molar-refractivity contribution in [2.75, 3.05) is 6.54 Å². The molecule has 0 fully saturated rings. The Morgan fingerprint density at radius 2 is 2.14 bits per heavy atom. The van der Waals surface area contributed by atoms with Crippen LogP contribution in [0.3, 0.4) is 0 Å². The summed E-state index contributed by atoms with van der Waals surface area (Å²) in [6.45, 7) is 3.88. The van der Waals surface area contributed by atoms with Crippen molar-refractivity contribution in [1.82, 2.24) is 25.3 Å². The molecule has 5 nitrogen and oxygen atoms in total. The number of pyridine rings is 1. The van der Waals surface area contributed by atoms with E-state index in [-0.39, 0.29) is 0 Å². The number of hydrogen-bond donors (Lipinski definition) is 1. The van der Waals surface area contributed by atoms with Crippen molar-refractivity contribution in [2.45, 2.75) is 19.9 Å². The molecule has 6 heteroatoms. The van der Waals surface area contributed by atoms with Gasteiger partial charge in [-0.05, 0) is 47.1 Å². The third-order valence-electron chi connectivity index (χ3n) is 3.20. The van der Waals surface area contributed by atoms with Crippen LogP contribution in [-0.4, -0.2) is 26.5 Å². The molecule has 0 atom stereocenters. The Morgan fingerprint density at radius 1 is 1.29 bits per heavy atom. The van der Waals surface area contributed by atoms with Crippen LogP contribution in [0.4, 0.5) is 0 Å². The lowest BCUT2D eigenvalue weighted by atomic mass is 10.2. The van der Waals surface area contributed by atoms with Gasteiger partial charge in [0, 0.05) is 22.8 Å². The maximum atomic E-state index is 4.52. The molecule has 0 bridgehead atoms. The molecular weight excluding hydrogens is 330 g/mol. The molecule has 0 amide bonds. The van der Waals surface area contributed by atoms with Gasteiger partial charge < -0.3 is 5.32 Å². The summed E-state index contributed by atoms with van der Waals surface area (Å²) in [5, 5.41) is 11.8. The van der Waals surface area contributed by atoms with Crippen molar-refractivity contribution >= 4 is 27.0 Å². The number of halogens is 1.